The Hall–Kier alpha value is -3.02. The molecule has 0 aliphatic rings. The zero-order chi connectivity index (χ0) is 18.0. The molecule has 0 aliphatic carbocycles. The van der Waals surface area contributed by atoms with Crippen LogP contribution in [0.2, 0.25) is 0 Å². The number of benzene rings is 2. The van der Waals surface area contributed by atoms with Crippen LogP contribution in [0.1, 0.15) is 31.8 Å². The standard InChI is InChI=1S/C18H18O6/c1-9-5-11(15(23-3)13(7-9)17(19)20)12-6-10(2)8-14(18(21)22)16(12)24-4/h5-8H,1-4H3,(H,19,20)(H,21,22). The molecule has 0 saturated heterocycles. The molecule has 0 heterocycles. The highest BCUT2D eigenvalue weighted by Crippen LogP contribution is 2.41. The van der Waals surface area contributed by atoms with Gasteiger partial charge in [-0.25, -0.2) is 9.59 Å². The maximum absolute atomic E-state index is 11.5. The number of carboxylic acids is 2. The van der Waals surface area contributed by atoms with Gasteiger partial charge in [-0.2, -0.15) is 0 Å². The predicted octanol–water partition coefficient (Wildman–Crippen LogP) is 3.38. The zero-order valence-corrected chi connectivity index (χ0v) is 13.8. The molecule has 6 heteroatoms. The highest BCUT2D eigenvalue weighted by atomic mass is 16.5. The van der Waals surface area contributed by atoms with Crippen molar-refractivity contribution in [1.29, 1.82) is 0 Å². The van der Waals surface area contributed by atoms with Crippen molar-refractivity contribution in [3.8, 4) is 22.6 Å². The molecule has 2 aromatic carbocycles. The number of ether oxygens (including phenoxy) is 2. The number of aromatic carboxylic acids is 2. The summed E-state index contributed by atoms with van der Waals surface area (Å²) in [4.78, 5) is 23.0. The van der Waals surface area contributed by atoms with E-state index >= 15 is 0 Å². The van der Waals surface area contributed by atoms with Crippen LogP contribution in [0.15, 0.2) is 24.3 Å². The highest BCUT2D eigenvalue weighted by Gasteiger charge is 2.23. The molecule has 24 heavy (non-hydrogen) atoms. The van der Waals surface area contributed by atoms with Gasteiger partial charge in [0, 0.05) is 11.1 Å². The Kier molecular flexibility index (Phi) is 4.78. The van der Waals surface area contributed by atoms with E-state index in [2.05, 4.69) is 0 Å². The maximum Gasteiger partial charge on any atom is 0.339 e. The van der Waals surface area contributed by atoms with Crippen LogP contribution in [-0.4, -0.2) is 36.4 Å². The molecule has 0 aromatic heterocycles. The van der Waals surface area contributed by atoms with E-state index in [1.165, 1.54) is 26.4 Å². The first-order valence-corrected chi connectivity index (χ1v) is 7.14. The Morgan fingerprint density at radius 2 is 1.08 bits per heavy atom. The molecule has 0 radical (unpaired) electrons. The third-order valence-electron chi connectivity index (χ3n) is 3.63. The minimum atomic E-state index is -1.12. The quantitative estimate of drug-likeness (QED) is 0.873. The third kappa shape index (κ3) is 3.03. The van der Waals surface area contributed by atoms with Gasteiger partial charge < -0.3 is 19.7 Å². The molecule has 2 N–H and O–H groups in total. The lowest BCUT2D eigenvalue weighted by molar-refractivity contribution is 0.0682. The van der Waals surface area contributed by atoms with E-state index in [1.807, 2.05) is 0 Å². The number of hydrogen-bond donors (Lipinski definition) is 2. The number of carbonyl (C=O) groups is 2. The van der Waals surface area contributed by atoms with Crippen LogP contribution in [-0.2, 0) is 0 Å². The summed E-state index contributed by atoms with van der Waals surface area (Å²) in [5.41, 5.74) is 2.38. The fourth-order valence-electron chi connectivity index (χ4n) is 2.70. The van der Waals surface area contributed by atoms with Crippen molar-refractivity contribution in [1.82, 2.24) is 0 Å². The van der Waals surface area contributed by atoms with Crippen LogP contribution >= 0.6 is 0 Å². The smallest absolute Gasteiger partial charge is 0.339 e. The Bertz CT molecular complexity index is 753. The number of aryl methyl sites for hydroxylation is 2. The van der Waals surface area contributed by atoms with Crippen LogP contribution in [0, 0.1) is 13.8 Å². The lowest BCUT2D eigenvalue weighted by Gasteiger charge is -2.17. The number of carboxylic acid groups (broad SMARTS) is 2. The van der Waals surface area contributed by atoms with Crippen LogP contribution in [0.5, 0.6) is 11.5 Å². The molecule has 0 spiro atoms. The van der Waals surface area contributed by atoms with Crippen molar-refractivity contribution in [2.24, 2.45) is 0 Å². The van der Waals surface area contributed by atoms with E-state index in [1.54, 1.807) is 26.0 Å². The van der Waals surface area contributed by atoms with Gasteiger partial charge >= 0.3 is 11.9 Å². The normalized spacial score (nSPS) is 10.3. The number of methoxy groups -OCH3 is 2. The molecule has 0 fully saturated rings. The van der Waals surface area contributed by atoms with E-state index in [4.69, 9.17) is 9.47 Å². The van der Waals surface area contributed by atoms with Gasteiger partial charge in [-0.1, -0.05) is 0 Å². The largest absolute Gasteiger partial charge is 0.495 e. The Labute approximate surface area is 139 Å². The maximum atomic E-state index is 11.5. The molecule has 0 bridgehead atoms. The van der Waals surface area contributed by atoms with E-state index in [0.29, 0.717) is 22.3 Å². The zero-order valence-electron chi connectivity index (χ0n) is 13.8. The summed E-state index contributed by atoms with van der Waals surface area (Å²) in [5, 5.41) is 18.8. The minimum Gasteiger partial charge on any atom is -0.495 e. The van der Waals surface area contributed by atoms with Crippen LogP contribution in [0.3, 0.4) is 0 Å². The van der Waals surface area contributed by atoms with Crippen LogP contribution < -0.4 is 9.47 Å². The molecule has 6 nitrogen and oxygen atoms in total. The van der Waals surface area contributed by atoms with Crippen molar-refractivity contribution in [3.63, 3.8) is 0 Å². The second-order valence-corrected chi connectivity index (χ2v) is 5.40. The van der Waals surface area contributed by atoms with E-state index in [-0.39, 0.29) is 22.6 Å². The van der Waals surface area contributed by atoms with E-state index in [0.717, 1.165) is 0 Å². The first kappa shape index (κ1) is 17.3. The van der Waals surface area contributed by atoms with Gasteiger partial charge in [0.2, 0.25) is 0 Å². The van der Waals surface area contributed by atoms with Crippen molar-refractivity contribution in [2.75, 3.05) is 14.2 Å². The predicted molar refractivity (Wildman–Crippen MR) is 88.4 cm³/mol. The summed E-state index contributed by atoms with van der Waals surface area (Å²) in [7, 11) is 2.75. The Morgan fingerprint density at radius 1 is 0.750 bits per heavy atom. The summed E-state index contributed by atoms with van der Waals surface area (Å²) >= 11 is 0. The van der Waals surface area contributed by atoms with Crippen molar-refractivity contribution < 1.29 is 29.3 Å². The summed E-state index contributed by atoms with van der Waals surface area (Å²) < 4.78 is 10.6. The first-order valence-electron chi connectivity index (χ1n) is 7.14. The average molecular weight is 330 g/mol. The van der Waals surface area contributed by atoms with E-state index in [9.17, 15) is 19.8 Å². The Morgan fingerprint density at radius 3 is 1.33 bits per heavy atom. The molecule has 2 rings (SSSR count). The van der Waals surface area contributed by atoms with Crippen molar-refractivity contribution >= 4 is 11.9 Å². The molecule has 0 atom stereocenters. The average Bonchev–Trinajstić information content (AvgIpc) is 2.52. The summed E-state index contributed by atoms with van der Waals surface area (Å²) in [5.74, 6) is -1.93. The second kappa shape index (κ2) is 6.62. The molecule has 0 unspecified atom stereocenters. The fraction of sp³-hybridized carbons (Fsp3) is 0.222. The third-order valence-corrected chi connectivity index (χ3v) is 3.63. The van der Waals surface area contributed by atoms with E-state index < -0.39 is 11.9 Å². The van der Waals surface area contributed by atoms with Crippen molar-refractivity contribution in [3.05, 3.63) is 46.5 Å². The van der Waals surface area contributed by atoms with Gasteiger partial charge in [0.15, 0.2) is 0 Å². The van der Waals surface area contributed by atoms with Gasteiger partial charge in [-0.3, -0.25) is 0 Å². The first-order chi connectivity index (χ1) is 11.3. The second-order valence-electron chi connectivity index (χ2n) is 5.40. The lowest BCUT2D eigenvalue weighted by atomic mass is 9.94. The van der Waals surface area contributed by atoms with Crippen LogP contribution in [0.4, 0.5) is 0 Å². The number of hydrogen-bond acceptors (Lipinski definition) is 4. The molecule has 0 aliphatic heterocycles. The fourth-order valence-corrected chi connectivity index (χ4v) is 2.70. The summed E-state index contributed by atoms with van der Waals surface area (Å²) in [6.45, 7) is 3.52. The van der Waals surface area contributed by atoms with Gasteiger partial charge in [0.05, 0.1) is 14.2 Å². The molecular formula is C18H18O6. The lowest BCUT2D eigenvalue weighted by Crippen LogP contribution is -2.06. The molecule has 2 aromatic rings. The van der Waals surface area contributed by atoms with Gasteiger partial charge in [0.25, 0.3) is 0 Å². The topological polar surface area (TPSA) is 93.1 Å². The van der Waals surface area contributed by atoms with Crippen molar-refractivity contribution in [2.45, 2.75) is 13.8 Å². The van der Waals surface area contributed by atoms with Gasteiger partial charge in [-0.05, 0) is 49.2 Å². The van der Waals surface area contributed by atoms with Crippen LogP contribution in [0.25, 0.3) is 11.1 Å². The molecule has 0 saturated carbocycles. The Balaban J connectivity index is 2.91. The summed E-state index contributed by atoms with van der Waals surface area (Å²) in [6, 6.07) is 6.50. The molecule has 126 valence electrons. The molecular weight excluding hydrogens is 312 g/mol. The number of rotatable bonds is 5. The summed E-state index contributed by atoms with van der Waals surface area (Å²) in [6.07, 6.45) is 0. The monoisotopic (exact) mass is 330 g/mol. The van der Waals surface area contributed by atoms with Gasteiger partial charge in [0.1, 0.15) is 22.6 Å². The minimum absolute atomic E-state index is 0.00735. The highest BCUT2D eigenvalue weighted by molar-refractivity contribution is 5.98. The van der Waals surface area contributed by atoms with Gasteiger partial charge in [-0.15, -0.1) is 0 Å². The molecule has 0 amide bonds. The SMILES string of the molecule is COc1c(C(=O)O)cc(C)cc1-c1cc(C)cc(C(=O)O)c1OC.